The Morgan fingerprint density at radius 3 is 2.47 bits per heavy atom. The van der Waals surface area contributed by atoms with E-state index in [1.807, 2.05) is 0 Å². The van der Waals surface area contributed by atoms with Crippen LogP contribution in [0.25, 0.3) is 0 Å². The zero-order valence-corrected chi connectivity index (χ0v) is 12.5. The number of rotatable bonds is 9. The summed E-state index contributed by atoms with van der Waals surface area (Å²) in [6, 6.07) is 11.5. The maximum Gasteiger partial charge on any atom is 0.0589 e. The van der Waals surface area contributed by atoms with E-state index in [1.54, 1.807) is 7.11 Å². The van der Waals surface area contributed by atoms with Gasteiger partial charge in [0, 0.05) is 32.3 Å². The Kier molecular flexibility index (Phi) is 7.72. The molecule has 108 valence electrons. The van der Waals surface area contributed by atoms with E-state index in [4.69, 9.17) is 10.5 Å². The molecule has 1 aromatic carbocycles. The molecule has 0 amide bonds. The van der Waals surface area contributed by atoms with Crippen LogP contribution in [0.1, 0.15) is 25.8 Å². The molecule has 2 unspecified atom stereocenters. The lowest BCUT2D eigenvalue weighted by Gasteiger charge is -2.35. The van der Waals surface area contributed by atoms with Gasteiger partial charge in [0.05, 0.1) is 6.61 Å². The first-order chi connectivity index (χ1) is 9.22. The van der Waals surface area contributed by atoms with Gasteiger partial charge in [-0.1, -0.05) is 37.3 Å². The van der Waals surface area contributed by atoms with E-state index >= 15 is 0 Å². The lowest BCUT2D eigenvalue weighted by molar-refractivity contribution is 0.0902. The monoisotopic (exact) mass is 264 g/mol. The van der Waals surface area contributed by atoms with Crippen LogP contribution in [0.15, 0.2) is 30.3 Å². The fourth-order valence-electron chi connectivity index (χ4n) is 2.42. The highest BCUT2D eigenvalue weighted by atomic mass is 16.5. The number of nitrogens with zero attached hydrogens (tertiary/aromatic N) is 1. The van der Waals surface area contributed by atoms with Gasteiger partial charge in [0.25, 0.3) is 0 Å². The summed E-state index contributed by atoms with van der Waals surface area (Å²) in [5, 5.41) is 0. The minimum Gasteiger partial charge on any atom is -0.383 e. The number of benzene rings is 1. The molecule has 2 atom stereocenters. The lowest BCUT2D eigenvalue weighted by atomic mass is 10.0. The second-order valence-electron chi connectivity index (χ2n) is 5.07. The van der Waals surface area contributed by atoms with E-state index in [0.29, 0.717) is 18.6 Å². The molecule has 0 aliphatic carbocycles. The predicted molar refractivity (Wildman–Crippen MR) is 81.3 cm³/mol. The third kappa shape index (κ3) is 5.31. The van der Waals surface area contributed by atoms with Crippen molar-refractivity contribution in [3.05, 3.63) is 35.9 Å². The van der Waals surface area contributed by atoms with Crippen molar-refractivity contribution in [1.82, 2.24) is 4.90 Å². The molecule has 19 heavy (non-hydrogen) atoms. The van der Waals surface area contributed by atoms with Gasteiger partial charge in [0.15, 0.2) is 0 Å². The number of ether oxygens (including phenoxy) is 1. The van der Waals surface area contributed by atoms with E-state index < -0.39 is 0 Å². The highest BCUT2D eigenvalue weighted by molar-refractivity contribution is 5.16. The topological polar surface area (TPSA) is 38.5 Å². The van der Waals surface area contributed by atoms with Gasteiger partial charge in [-0.25, -0.2) is 0 Å². The summed E-state index contributed by atoms with van der Waals surface area (Å²) in [5.74, 6) is 0. The summed E-state index contributed by atoms with van der Waals surface area (Å²) in [4.78, 5) is 2.48. The minimum absolute atomic E-state index is 0.382. The smallest absolute Gasteiger partial charge is 0.0589 e. The highest BCUT2D eigenvalue weighted by Crippen LogP contribution is 2.13. The molecule has 0 bridgehead atoms. The largest absolute Gasteiger partial charge is 0.383 e. The third-order valence-corrected chi connectivity index (χ3v) is 3.77. The predicted octanol–water partition coefficient (Wildman–Crippen LogP) is 2.30. The molecule has 0 aliphatic heterocycles. The fraction of sp³-hybridized carbons (Fsp3) is 0.625. The Hall–Kier alpha value is -0.900. The lowest BCUT2D eigenvalue weighted by Crippen LogP contribution is -2.48. The van der Waals surface area contributed by atoms with Crippen molar-refractivity contribution in [3.8, 4) is 0 Å². The molecule has 0 saturated carbocycles. The molecule has 3 heteroatoms. The van der Waals surface area contributed by atoms with Crippen LogP contribution in [-0.4, -0.2) is 43.8 Å². The van der Waals surface area contributed by atoms with Crippen molar-refractivity contribution in [1.29, 1.82) is 0 Å². The van der Waals surface area contributed by atoms with E-state index in [2.05, 4.69) is 49.1 Å². The minimum atomic E-state index is 0.382. The van der Waals surface area contributed by atoms with Crippen LogP contribution in [0.2, 0.25) is 0 Å². The second kappa shape index (κ2) is 9.08. The summed E-state index contributed by atoms with van der Waals surface area (Å²) >= 11 is 0. The average Bonchev–Trinajstić information content (AvgIpc) is 2.46. The molecule has 1 aromatic rings. The summed E-state index contributed by atoms with van der Waals surface area (Å²) < 4.78 is 5.23. The van der Waals surface area contributed by atoms with Gasteiger partial charge < -0.3 is 10.5 Å². The molecule has 0 heterocycles. The van der Waals surface area contributed by atoms with E-state index in [-0.39, 0.29) is 0 Å². The maximum absolute atomic E-state index is 6.00. The zero-order chi connectivity index (χ0) is 14.1. The SMILES string of the molecule is CCC(C)N(CCOC)C(CN)Cc1ccccc1. The Morgan fingerprint density at radius 1 is 1.26 bits per heavy atom. The zero-order valence-electron chi connectivity index (χ0n) is 12.5. The van der Waals surface area contributed by atoms with Crippen LogP contribution >= 0.6 is 0 Å². The van der Waals surface area contributed by atoms with Crippen molar-refractivity contribution < 1.29 is 4.74 Å². The van der Waals surface area contributed by atoms with Gasteiger partial charge in [-0.05, 0) is 25.3 Å². The van der Waals surface area contributed by atoms with Crippen LogP contribution in [0.4, 0.5) is 0 Å². The normalized spacial score (nSPS) is 14.6. The number of hydrogen-bond acceptors (Lipinski definition) is 3. The van der Waals surface area contributed by atoms with Gasteiger partial charge in [-0.15, -0.1) is 0 Å². The molecule has 0 saturated heterocycles. The van der Waals surface area contributed by atoms with E-state index in [0.717, 1.165) is 26.0 Å². The average molecular weight is 264 g/mol. The summed E-state index contributed by atoms with van der Waals surface area (Å²) in [7, 11) is 1.75. The molecule has 0 aliphatic rings. The molecular formula is C16H28N2O. The van der Waals surface area contributed by atoms with Gasteiger partial charge in [0.2, 0.25) is 0 Å². The molecule has 3 nitrogen and oxygen atoms in total. The maximum atomic E-state index is 6.00. The fourth-order valence-corrected chi connectivity index (χ4v) is 2.42. The molecule has 0 radical (unpaired) electrons. The van der Waals surface area contributed by atoms with E-state index in [1.165, 1.54) is 5.56 Å². The Labute approximate surface area is 117 Å². The first-order valence-corrected chi connectivity index (χ1v) is 7.21. The number of methoxy groups -OCH3 is 1. The first-order valence-electron chi connectivity index (χ1n) is 7.21. The standard InChI is InChI=1S/C16H28N2O/c1-4-14(2)18(10-11-19-3)16(13-17)12-15-8-6-5-7-9-15/h5-9,14,16H,4,10-13,17H2,1-3H3. The number of nitrogens with two attached hydrogens (primary N) is 1. The third-order valence-electron chi connectivity index (χ3n) is 3.77. The first kappa shape index (κ1) is 16.2. The molecule has 1 rings (SSSR count). The van der Waals surface area contributed by atoms with Crippen molar-refractivity contribution in [2.24, 2.45) is 5.73 Å². The second-order valence-corrected chi connectivity index (χ2v) is 5.07. The quantitative estimate of drug-likeness (QED) is 0.744. The van der Waals surface area contributed by atoms with Crippen molar-refractivity contribution >= 4 is 0 Å². The van der Waals surface area contributed by atoms with Crippen molar-refractivity contribution in [2.75, 3.05) is 26.8 Å². The Morgan fingerprint density at radius 2 is 1.95 bits per heavy atom. The number of hydrogen-bond donors (Lipinski definition) is 1. The van der Waals surface area contributed by atoms with Gasteiger partial charge in [0.1, 0.15) is 0 Å². The van der Waals surface area contributed by atoms with Gasteiger partial charge in [-0.2, -0.15) is 0 Å². The molecule has 0 aromatic heterocycles. The van der Waals surface area contributed by atoms with Crippen molar-refractivity contribution in [3.63, 3.8) is 0 Å². The molecule has 0 fully saturated rings. The van der Waals surface area contributed by atoms with Gasteiger partial charge >= 0.3 is 0 Å². The summed E-state index contributed by atoms with van der Waals surface area (Å²) in [6.07, 6.45) is 2.14. The van der Waals surface area contributed by atoms with Crippen LogP contribution in [0.5, 0.6) is 0 Å². The van der Waals surface area contributed by atoms with E-state index in [9.17, 15) is 0 Å². The van der Waals surface area contributed by atoms with Crippen molar-refractivity contribution in [2.45, 2.75) is 38.8 Å². The molecule has 0 spiro atoms. The van der Waals surface area contributed by atoms with Crippen LogP contribution < -0.4 is 5.73 Å². The summed E-state index contributed by atoms with van der Waals surface area (Å²) in [6.45, 7) is 6.88. The molecular weight excluding hydrogens is 236 g/mol. The van der Waals surface area contributed by atoms with Crippen LogP contribution in [0, 0.1) is 0 Å². The Bertz CT molecular complexity index is 329. The summed E-state index contributed by atoms with van der Waals surface area (Å²) in [5.41, 5.74) is 7.35. The van der Waals surface area contributed by atoms with Crippen LogP contribution in [0.3, 0.4) is 0 Å². The van der Waals surface area contributed by atoms with Crippen LogP contribution in [-0.2, 0) is 11.2 Å². The Balaban J connectivity index is 2.71. The molecule has 2 N–H and O–H groups in total. The highest BCUT2D eigenvalue weighted by Gasteiger charge is 2.21. The van der Waals surface area contributed by atoms with Gasteiger partial charge in [-0.3, -0.25) is 4.90 Å².